The van der Waals surface area contributed by atoms with Crippen molar-refractivity contribution in [1.29, 1.82) is 0 Å². The standard InChI is InChI=1S/C13H22N2O2/c1-16-9-8-15(7-6-14)11-12-4-3-5-13(10-12)17-2/h3-5,10H,6-9,11,14H2,1-2H3. The fraction of sp³-hybridized carbons (Fsp3) is 0.538. The van der Waals surface area contributed by atoms with E-state index in [0.29, 0.717) is 6.54 Å². The molecule has 0 bridgehead atoms. The Kier molecular flexibility index (Phi) is 6.62. The molecule has 0 aliphatic rings. The monoisotopic (exact) mass is 238 g/mol. The van der Waals surface area contributed by atoms with E-state index in [1.54, 1.807) is 14.2 Å². The number of methoxy groups -OCH3 is 2. The molecule has 4 nitrogen and oxygen atoms in total. The number of ether oxygens (including phenoxy) is 2. The van der Waals surface area contributed by atoms with Crippen LogP contribution in [0.3, 0.4) is 0 Å². The maximum Gasteiger partial charge on any atom is 0.119 e. The van der Waals surface area contributed by atoms with Crippen LogP contribution in [0.25, 0.3) is 0 Å². The Hall–Kier alpha value is -1.10. The highest BCUT2D eigenvalue weighted by molar-refractivity contribution is 5.28. The minimum Gasteiger partial charge on any atom is -0.497 e. The van der Waals surface area contributed by atoms with Gasteiger partial charge < -0.3 is 15.2 Å². The van der Waals surface area contributed by atoms with Gasteiger partial charge in [-0.3, -0.25) is 4.90 Å². The number of benzene rings is 1. The average molecular weight is 238 g/mol. The molecule has 0 aromatic heterocycles. The lowest BCUT2D eigenvalue weighted by atomic mass is 10.2. The number of hydrogen-bond acceptors (Lipinski definition) is 4. The molecule has 0 heterocycles. The summed E-state index contributed by atoms with van der Waals surface area (Å²) in [7, 11) is 3.40. The van der Waals surface area contributed by atoms with Crippen LogP contribution in [0.4, 0.5) is 0 Å². The summed E-state index contributed by atoms with van der Waals surface area (Å²) >= 11 is 0. The minimum absolute atomic E-state index is 0.660. The van der Waals surface area contributed by atoms with Gasteiger partial charge in [-0.2, -0.15) is 0 Å². The molecule has 0 radical (unpaired) electrons. The number of rotatable bonds is 8. The van der Waals surface area contributed by atoms with Crippen LogP contribution < -0.4 is 10.5 Å². The summed E-state index contributed by atoms with van der Waals surface area (Å²) in [5.74, 6) is 0.891. The number of nitrogens with zero attached hydrogens (tertiary/aromatic N) is 1. The van der Waals surface area contributed by atoms with Crippen molar-refractivity contribution in [2.24, 2.45) is 5.73 Å². The quantitative estimate of drug-likeness (QED) is 0.737. The van der Waals surface area contributed by atoms with Gasteiger partial charge in [0, 0.05) is 33.3 Å². The molecule has 0 unspecified atom stereocenters. The van der Waals surface area contributed by atoms with E-state index in [1.165, 1.54) is 5.56 Å². The van der Waals surface area contributed by atoms with Gasteiger partial charge in [0.25, 0.3) is 0 Å². The lowest BCUT2D eigenvalue weighted by Gasteiger charge is -2.21. The highest BCUT2D eigenvalue weighted by Crippen LogP contribution is 2.14. The Balaban J connectivity index is 2.57. The van der Waals surface area contributed by atoms with E-state index >= 15 is 0 Å². The molecule has 1 aromatic rings. The van der Waals surface area contributed by atoms with E-state index < -0.39 is 0 Å². The first-order valence-electron chi connectivity index (χ1n) is 5.84. The van der Waals surface area contributed by atoms with E-state index in [1.807, 2.05) is 12.1 Å². The molecule has 4 heteroatoms. The Morgan fingerprint density at radius 1 is 1.24 bits per heavy atom. The second-order valence-corrected chi connectivity index (χ2v) is 3.91. The van der Waals surface area contributed by atoms with Gasteiger partial charge >= 0.3 is 0 Å². The van der Waals surface area contributed by atoms with Gasteiger partial charge in [0.05, 0.1) is 13.7 Å². The highest BCUT2D eigenvalue weighted by Gasteiger charge is 2.05. The zero-order chi connectivity index (χ0) is 12.5. The van der Waals surface area contributed by atoms with Gasteiger partial charge in [-0.25, -0.2) is 0 Å². The molecule has 0 atom stereocenters. The summed E-state index contributed by atoms with van der Waals surface area (Å²) in [6.07, 6.45) is 0. The van der Waals surface area contributed by atoms with E-state index in [4.69, 9.17) is 15.2 Å². The summed E-state index contributed by atoms with van der Waals surface area (Å²) in [6, 6.07) is 8.10. The van der Waals surface area contributed by atoms with Gasteiger partial charge in [-0.15, -0.1) is 0 Å². The predicted molar refractivity (Wildman–Crippen MR) is 69.2 cm³/mol. The van der Waals surface area contributed by atoms with Crippen LogP contribution in [0.2, 0.25) is 0 Å². The molecule has 17 heavy (non-hydrogen) atoms. The first-order valence-corrected chi connectivity index (χ1v) is 5.84. The van der Waals surface area contributed by atoms with Crippen LogP contribution in [0.15, 0.2) is 24.3 Å². The van der Waals surface area contributed by atoms with Crippen molar-refractivity contribution in [3.05, 3.63) is 29.8 Å². The Bertz CT molecular complexity index is 318. The zero-order valence-electron chi connectivity index (χ0n) is 10.7. The molecule has 1 rings (SSSR count). The van der Waals surface area contributed by atoms with E-state index in [0.717, 1.165) is 32.0 Å². The zero-order valence-corrected chi connectivity index (χ0v) is 10.7. The van der Waals surface area contributed by atoms with Crippen molar-refractivity contribution in [2.45, 2.75) is 6.54 Å². The molecule has 0 saturated heterocycles. The summed E-state index contributed by atoms with van der Waals surface area (Å²) in [4.78, 5) is 2.28. The molecule has 0 aliphatic heterocycles. The van der Waals surface area contributed by atoms with Gasteiger partial charge in [-0.1, -0.05) is 12.1 Å². The smallest absolute Gasteiger partial charge is 0.119 e. The van der Waals surface area contributed by atoms with E-state index in [9.17, 15) is 0 Å². The lowest BCUT2D eigenvalue weighted by molar-refractivity contribution is 0.146. The highest BCUT2D eigenvalue weighted by atomic mass is 16.5. The third kappa shape index (κ3) is 5.17. The van der Waals surface area contributed by atoms with Gasteiger partial charge in [0.1, 0.15) is 5.75 Å². The Morgan fingerprint density at radius 3 is 2.71 bits per heavy atom. The van der Waals surface area contributed by atoms with Crippen molar-refractivity contribution in [2.75, 3.05) is 40.5 Å². The fourth-order valence-corrected chi connectivity index (χ4v) is 1.70. The van der Waals surface area contributed by atoms with E-state index in [-0.39, 0.29) is 0 Å². The molecule has 0 saturated carbocycles. The van der Waals surface area contributed by atoms with Crippen LogP contribution >= 0.6 is 0 Å². The maximum absolute atomic E-state index is 5.60. The molecule has 1 aromatic carbocycles. The summed E-state index contributed by atoms with van der Waals surface area (Å²) in [6.45, 7) is 4.03. The predicted octanol–water partition coefficient (Wildman–Crippen LogP) is 1.10. The first-order chi connectivity index (χ1) is 8.30. The van der Waals surface area contributed by atoms with Gasteiger partial charge in [0.15, 0.2) is 0 Å². The minimum atomic E-state index is 0.660. The van der Waals surface area contributed by atoms with Crippen molar-refractivity contribution < 1.29 is 9.47 Å². The summed E-state index contributed by atoms with van der Waals surface area (Å²) in [5, 5.41) is 0. The fourth-order valence-electron chi connectivity index (χ4n) is 1.70. The summed E-state index contributed by atoms with van der Waals surface area (Å²) in [5.41, 5.74) is 6.83. The molecule has 0 amide bonds. The third-order valence-electron chi connectivity index (χ3n) is 2.60. The van der Waals surface area contributed by atoms with Crippen molar-refractivity contribution in [3.8, 4) is 5.75 Å². The SMILES string of the molecule is COCCN(CCN)Cc1cccc(OC)c1. The molecule has 0 aliphatic carbocycles. The van der Waals surface area contributed by atoms with Crippen LogP contribution in [-0.4, -0.2) is 45.4 Å². The lowest BCUT2D eigenvalue weighted by Crippen LogP contribution is -2.31. The molecule has 0 fully saturated rings. The molecule has 96 valence electrons. The molecule has 2 N–H and O–H groups in total. The Morgan fingerprint density at radius 2 is 2.06 bits per heavy atom. The normalized spacial score (nSPS) is 10.8. The van der Waals surface area contributed by atoms with Crippen molar-refractivity contribution in [3.63, 3.8) is 0 Å². The second kappa shape index (κ2) is 8.06. The van der Waals surface area contributed by atoms with Crippen molar-refractivity contribution in [1.82, 2.24) is 4.90 Å². The molecular formula is C13H22N2O2. The Labute approximate surface area is 103 Å². The molecule has 0 spiro atoms. The number of hydrogen-bond donors (Lipinski definition) is 1. The van der Waals surface area contributed by atoms with Crippen molar-refractivity contribution >= 4 is 0 Å². The third-order valence-corrected chi connectivity index (χ3v) is 2.60. The van der Waals surface area contributed by atoms with Crippen LogP contribution in [-0.2, 0) is 11.3 Å². The van der Waals surface area contributed by atoms with Crippen LogP contribution in [0, 0.1) is 0 Å². The maximum atomic E-state index is 5.60. The van der Waals surface area contributed by atoms with Gasteiger partial charge in [0.2, 0.25) is 0 Å². The first kappa shape index (κ1) is 14.0. The second-order valence-electron chi connectivity index (χ2n) is 3.91. The van der Waals surface area contributed by atoms with E-state index in [2.05, 4.69) is 17.0 Å². The van der Waals surface area contributed by atoms with Crippen LogP contribution in [0.1, 0.15) is 5.56 Å². The largest absolute Gasteiger partial charge is 0.497 e. The van der Waals surface area contributed by atoms with Crippen LogP contribution in [0.5, 0.6) is 5.75 Å². The van der Waals surface area contributed by atoms with Gasteiger partial charge in [-0.05, 0) is 17.7 Å². The average Bonchev–Trinajstić information content (AvgIpc) is 2.36. The summed E-state index contributed by atoms with van der Waals surface area (Å²) < 4.78 is 10.3. The molecular weight excluding hydrogens is 216 g/mol. The topological polar surface area (TPSA) is 47.7 Å². The number of nitrogens with two attached hydrogens (primary N) is 1.